The number of rotatable bonds is 4. The Labute approximate surface area is 174 Å². The summed E-state index contributed by atoms with van der Waals surface area (Å²) in [6.07, 6.45) is 0. The molecule has 6 heteroatoms. The van der Waals surface area contributed by atoms with Gasteiger partial charge in [0.15, 0.2) is 5.75 Å². The second kappa shape index (κ2) is 7.30. The maximum absolute atomic E-state index is 10.7. The van der Waals surface area contributed by atoms with Gasteiger partial charge in [-0.1, -0.05) is 41.5 Å². The normalized spacial score (nSPS) is 14.1. The fourth-order valence-electron chi connectivity index (χ4n) is 3.50. The van der Waals surface area contributed by atoms with Gasteiger partial charge in [0.05, 0.1) is 5.56 Å². The molecule has 0 fully saturated rings. The van der Waals surface area contributed by atoms with Crippen molar-refractivity contribution < 1.29 is 19.9 Å². The molecule has 1 aliphatic rings. The van der Waals surface area contributed by atoms with Crippen LogP contribution in [-0.4, -0.2) is 14.9 Å². The maximum Gasteiger partial charge on any atom is 0.159 e. The lowest BCUT2D eigenvalue weighted by atomic mass is 9.85. The maximum atomic E-state index is 10.7. The SMILES string of the molecule is Cc1ccc(SN(O)Oc2cc(O)c3c(c2)OC(C)(C)c2ccc(C)cc2-3)cc1. The van der Waals surface area contributed by atoms with E-state index < -0.39 is 5.60 Å². The minimum Gasteiger partial charge on any atom is -0.507 e. The zero-order valence-electron chi connectivity index (χ0n) is 16.8. The summed E-state index contributed by atoms with van der Waals surface area (Å²) in [4.78, 5) is 6.31. The Balaban J connectivity index is 1.64. The van der Waals surface area contributed by atoms with Crippen molar-refractivity contribution in [3.05, 3.63) is 71.3 Å². The minimum absolute atomic E-state index is 0.0357. The first-order valence-corrected chi connectivity index (χ1v) is 10.1. The van der Waals surface area contributed by atoms with E-state index in [0.717, 1.165) is 39.1 Å². The van der Waals surface area contributed by atoms with Crippen molar-refractivity contribution in [3.63, 3.8) is 0 Å². The summed E-state index contributed by atoms with van der Waals surface area (Å²) in [5.74, 6) is 0.820. The van der Waals surface area contributed by atoms with Crippen LogP contribution in [-0.2, 0) is 5.60 Å². The van der Waals surface area contributed by atoms with Crippen LogP contribution in [0.5, 0.6) is 17.2 Å². The molecule has 0 bridgehead atoms. The summed E-state index contributed by atoms with van der Waals surface area (Å²) in [5.41, 5.74) is 4.26. The topological polar surface area (TPSA) is 62.2 Å². The van der Waals surface area contributed by atoms with Gasteiger partial charge in [0.2, 0.25) is 0 Å². The van der Waals surface area contributed by atoms with Gasteiger partial charge in [-0.25, -0.2) is 0 Å². The van der Waals surface area contributed by atoms with E-state index in [0.29, 0.717) is 15.9 Å². The van der Waals surface area contributed by atoms with Crippen LogP contribution in [0.3, 0.4) is 0 Å². The summed E-state index contributed by atoms with van der Waals surface area (Å²) in [5, 5.41) is 20.9. The highest BCUT2D eigenvalue weighted by Crippen LogP contribution is 2.50. The molecule has 1 aliphatic heterocycles. The number of nitrogens with zero attached hydrogens (tertiary/aromatic N) is 1. The van der Waals surface area contributed by atoms with Gasteiger partial charge in [-0.3, -0.25) is 5.21 Å². The highest BCUT2D eigenvalue weighted by atomic mass is 32.2. The second-order valence-corrected chi connectivity index (χ2v) is 8.68. The Bertz CT molecular complexity index is 1060. The first-order valence-electron chi connectivity index (χ1n) is 9.32. The van der Waals surface area contributed by atoms with Crippen LogP contribution in [0.1, 0.15) is 30.5 Å². The molecule has 3 aromatic rings. The first-order chi connectivity index (χ1) is 13.7. The molecule has 0 unspecified atom stereocenters. The fourth-order valence-corrected chi connectivity index (χ4v) is 4.06. The number of phenolic OH excluding ortho intramolecular Hbond substituents is 1. The van der Waals surface area contributed by atoms with E-state index in [4.69, 9.17) is 9.57 Å². The number of aryl methyl sites for hydroxylation is 2. The molecule has 0 aromatic heterocycles. The monoisotopic (exact) mass is 409 g/mol. The van der Waals surface area contributed by atoms with Crippen molar-refractivity contribution >= 4 is 11.9 Å². The largest absolute Gasteiger partial charge is 0.507 e. The molecule has 0 aliphatic carbocycles. The Hall–Kier alpha value is -2.67. The van der Waals surface area contributed by atoms with Crippen molar-refractivity contribution in [3.8, 4) is 28.4 Å². The lowest BCUT2D eigenvalue weighted by Gasteiger charge is -2.35. The van der Waals surface area contributed by atoms with Crippen LogP contribution in [0.25, 0.3) is 11.1 Å². The molecule has 3 aromatic carbocycles. The lowest BCUT2D eigenvalue weighted by molar-refractivity contribution is -0.191. The molecule has 0 atom stereocenters. The zero-order valence-corrected chi connectivity index (χ0v) is 17.6. The molecule has 0 saturated carbocycles. The minimum atomic E-state index is -0.559. The summed E-state index contributed by atoms with van der Waals surface area (Å²) >= 11 is 1.02. The van der Waals surface area contributed by atoms with Crippen molar-refractivity contribution in [2.75, 3.05) is 0 Å². The third-order valence-electron chi connectivity index (χ3n) is 4.90. The number of hydrogen-bond acceptors (Lipinski definition) is 6. The van der Waals surface area contributed by atoms with Gasteiger partial charge < -0.3 is 14.7 Å². The Morgan fingerprint density at radius 1 is 0.966 bits per heavy atom. The molecule has 29 heavy (non-hydrogen) atoms. The molecule has 0 spiro atoms. The van der Waals surface area contributed by atoms with E-state index in [9.17, 15) is 10.3 Å². The highest BCUT2D eigenvalue weighted by Gasteiger charge is 2.34. The van der Waals surface area contributed by atoms with Crippen LogP contribution < -0.4 is 9.57 Å². The Morgan fingerprint density at radius 3 is 2.38 bits per heavy atom. The van der Waals surface area contributed by atoms with Gasteiger partial charge in [0, 0.05) is 39.2 Å². The first kappa shape index (κ1) is 19.6. The summed E-state index contributed by atoms with van der Waals surface area (Å²) < 4.78 is 6.84. The smallest absolute Gasteiger partial charge is 0.159 e. The Kier molecular flexibility index (Phi) is 4.94. The average molecular weight is 410 g/mol. The summed E-state index contributed by atoms with van der Waals surface area (Å²) in [7, 11) is 0. The van der Waals surface area contributed by atoms with Crippen LogP contribution in [0.2, 0.25) is 0 Å². The van der Waals surface area contributed by atoms with Crippen molar-refractivity contribution in [2.45, 2.75) is 38.2 Å². The second-order valence-electron chi connectivity index (χ2n) is 7.71. The number of hydrogen-bond donors (Lipinski definition) is 2. The van der Waals surface area contributed by atoms with E-state index in [1.807, 2.05) is 70.2 Å². The molecule has 4 rings (SSSR count). The van der Waals surface area contributed by atoms with Crippen LogP contribution in [0.15, 0.2) is 59.5 Å². The summed E-state index contributed by atoms with van der Waals surface area (Å²) in [6.45, 7) is 7.99. The number of ether oxygens (including phenoxy) is 1. The quantitative estimate of drug-likeness (QED) is 0.407. The Morgan fingerprint density at radius 2 is 1.66 bits per heavy atom. The van der Waals surface area contributed by atoms with Gasteiger partial charge in [0.1, 0.15) is 17.1 Å². The van der Waals surface area contributed by atoms with E-state index in [1.54, 1.807) is 6.07 Å². The molecular formula is C23H23NO4S. The van der Waals surface area contributed by atoms with E-state index >= 15 is 0 Å². The van der Waals surface area contributed by atoms with Gasteiger partial charge in [-0.2, -0.15) is 0 Å². The molecule has 1 heterocycles. The van der Waals surface area contributed by atoms with Crippen molar-refractivity contribution in [1.82, 2.24) is 4.63 Å². The third-order valence-corrected chi connectivity index (χ3v) is 5.61. The van der Waals surface area contributed by atoms with Gasteiger partial charge in [-0.05, 0) is 45.4 Å². The van der Waals surface area contributed by atoms with E-state index in [2.05, 4.69) is 0 Å². The number of fused-ring (bicyclic) bond motifs is 3. The molecule has 2 N–H and O–H groups in total. The molecule has 5 nitrogen and oxygen atoms in total. The van der Waals surface area contributed by atoms with Gasteiger partial charge >= 0.3 is 0 Å². The molecule has 0 saturated heterocycles. The third kappa shape index (κ3) is 3.92. The molecule has 150 valence electrons. The predicted octanol–water partition coefficient (Wildman–Crippen LogP) is 6.00. The molecular weight excluding hydrogens is 386 g/mol. The van der Waals surface area contributed by atoms with Crippen molar-refractivity contribution in [1.29, 1.82) is 0 Å². The van der Waals surface area contributed by atoms with E-state index in [1.165, 1.54) is 6.07 Å². The standard InChI is InChI=1S/C23H23NO4S/c1-14-5-8-17(9-6-14)29-24(26)28-16-12-20(25)22-18-11-15(2)7-10-19(18)23(3,4)27-21(22)13-16/h5-13,25-26H,1-4H3. The number of phenols is 1. The van der Waals surface area contributed by atoms with Crippen LogP contribution in [0, 0.1) is 13.8 Å². The lowest BCUT2D eigenvalue weighted by Crippen LogP contribution is -2.29. The number of benzene rings is 3. The molecule has 0 radical (unpaired) electrons. The number of aromatic hydroxyl groups is 1. The van der Waals surface area contributed by atoms with Crippen LogP contribution >= 0.6 is 11.9 Å². The predicted molar refractivity (Wildman–Crippen MR) is 113 cm³/mol. The fraction of sp³-hybridized carbons (Fsp3) is 0.217. The van der Waals surface area contributed by atoms with Crippen LogP contribution in [0.4, 0.5) is 0 Å². The summed E-state index contributed by atoms with van der Waals surface area (Å²) in [6, 6.07) is 17.0. The molecule has 0 amide bonds. The highest BCUT2D eigenvalue weighted by molar-refractivity contribution is 7.96. The van der Waals surface area contributed by atoms with Gasteiger partial charge in [0.25, 0.3) is 0 Å². The van der Waals surface area contributed by atoms with Crippen molar-refractivity contribution in [2.24, 2.45) is 0 Å². The zero-order chi connectivity index (χ0) is 20.8. The average Bonchev–Trinajstić information content (AvgIpc) is 2.62. The van der Waals surface area contributed by atoms with Gasteiger partial charge in [-0.15, -0.1) is 0 Å². The van der Waals surface area contributed by atoms with E-state index in [-0.39, 0.29) is 11.5 Å².